The van der Waals surface area contributed by atoms with E-state index < -0.39 is 89.1 Å². The van der Waals surface area contributed by atoms with E-state index in [1.807, 2.05) is 98.8 Å². The quantitative estimate of drug-likeness (QED) is 0.0339. The Kier molecular flexibility index (Phi) is 20.7. The van der Waals surface area contributed by atoms with E-state index in [9.17, 15) is 38.4 Å². The second kappa shape index (κ2) is 28.0. The summed E-state index contributed by atoms with van der Waals surface area (Å²) in [5.41, 5.74) is 9.73. The summed E-state index contributed by atoms with van der Waals surface area (Å²) in [5, 5.41) is 20.8. The topological polar surface area (TPSA) is 323 Å². The molecule has 81 heavy (non-hydrogen) atoms. The Hall–Kier alpha value is -8.66. The van der Waals surface area contributed by atoms with Crippen molar-refractivity contribution in [2.75, 3.05) is 13.1 Å². The van der Waals surface area contributed by atoms with Crippen molar-refractivity contribution in [1.29, 1.82) is 0 Å². The minimum absolute atomic E-state index is 0.00456. The SMILES string of the molecule is CC(C)[C@H](NC(=O)[C@H](C)NC(=O)[C@H](Cc1c[nH]c2ccccc12)NC(=O)[C@H](Cc1cnc[nH]1)NC(=O)CC(C)(C)c1ccccc1)C(=O)N[C@H](C)C(=O)N[C@@H](Cc1cnc[nH]1)C(=O)N1CCC[C@@H]1CN[C@@H](Cc1ccccc1)C(N)=O. The summed E-state index contributed by atoms with van der Waals surface area (Å²) in [6, 6.07) is 18.5. The largest absolute Gasteiger partial charge is 0.368 e. The zero-order chi connectivity index (χ0) is 58.2. The fraction of sp³-hybridized carbons (Fsp3) is 0.424. The third-order valence-corrected chi connectivity index (χ3v) is 14.8. The van der Waals surface area contributed by atoms with Gasteiger partial charge in [0.15, 0.2) is 0 Å². The summed E-state index contributed by atoms with van der Waals surface area (Å²) in [6.07, 6.45) is 9.65. The molecular weight excluding hydrogens is 1030 g/mol. The zero-order valence-corrected chi connectivity index (χ0v) is 46.7. The minimum Gasteiger partial charge on any atom is -0.368 e. The first-order valence-corrected chi connectivity index (χ1v) is 27.5. The van der Waals surface area contributed by atoms with Crippen LogP contribution in [0.5, 0.6) is 0 Å². The average Bonchev–Trinajstić information content (AvgIpc) is 4.38. The lowest BCUT2D eigenvalue weighted by Gasteiger charge is -2.31. The number of likely N-dealkylation sites (tertiary alicyclic amines) is 1. The third-order valence-electron chi connectivity index (χ3n) is 14.8. The van der Waals surface area contributed by atoms with E-state index in [-0.39, 0.29) is 43.5 Å². The highest BCUT2D eigenvalue weighted by atomic mass is 16.2. The molecule has 0 bridgehead atoms. The number of nitrogens with zero attached hydrogens (tertiary/aromatic N) is 3. The van der Waals surface area contributed by atoms with E-state index in [2.05, 4.69) is 62.1 Å². The Morgan fingerprint density at radius 3 is 1.83 bits per heavy atom. The molecular formula is C59H76N14O8. The number of aromatic amines is 3. The second-order valence-corrected chi connectivity index (χ2v) is 21.9. The number of nitrogens with one attached hydrogen (secondary N) is 10. The number of fused-ring (bicyclic) bond motifs is 1. The lowest BCUT2D eigenvalue weighted by Crippen LogP contribution is -2.60. The van der Waals surface area contributed by atoms with Gasteiger partial charge in [0.05, 0.1) is 18.7 Å². The Balaban J connectivity index is 0.993. The molecule has 3 aromatic carbocycles. The number of imidazole rings is 2. The van der Waals surface area contributed by atoms with Crippen molar-refractivity contribution in [3.8, 4) is 0 Å². The molecule has 6 aromatic rings. The molecule has 22 nitrogen and oxygen atoms in total. The number of hydrogen-bond donors (Lipinski definition) is 11. The maximum Gasteiger partial charge on any atom is 0.245 e. The number of hydrogen-bond acceptors (Lipinski definition) is 11. The molecule has 0 aliphatic carbocycles. The van der Waals surface area contributed by atoms with E-state index in [1.54, 1.807) is 37.3 Å². The maximum absolute atomic E-state index is 14.4. The summed E-state index contributed by atoms with van der Waals surface area (Å²) in [7, 11) is 0. The van der Waals surface area contributed by atoms with E-state index in [4.69, 9.17) is 5.73 Å². The summed E-state index contributed by atoms with van der Waals surface area (Å²) in [4.78, 5) is 130. The molecule has 0 unspecified atom stereocenters. The van der Waals surface area contributed by atoms with Crippen LogP contribution in [0.15, 0.2) is 116 Å². The standard InChI is InChI=1S/C59H76N14O8/c1-35(2)51(57(80)68-36(3)53(76)71-49(27-42-31-62-34-66-42)58(81)73-23-15-20-43(73)32-64-46(52(60)75)24-38-16-9-7-10-17-38)72-54(77)37(4)67-55(78)47(25-39-29-63-45-22-14-13-21-44(39)45)70-56(79)48(26-41-30-61-33-65-41)69-50(74)28-59(5,6)40-18-11-8-12-19-40/h7-14,16-19,21-22,29-31,33-37,43,46-49,51,63-64H,15,20,23-28,32H2,1-6H3,(H2,60,75)(H,61,65)(H,62,66)(H,67,78)(H,68,80)(H,69,74)(H,70,79)(H,71,76)(H,72,77)/t36-,37+,43-,46+,47+,48+,49+,51+/m1/s1. The Labute approximate surface area is 471 Å². The number of primary amides is 1. The highest BCUT2D eigenvalue weighted by Crippen LogP contribution is 2.27. The van der Waals surface area contributed by atoms with Crippen LogP contribution in [-0.2, 0) is 69.5 Å². The molecule has 3 aromatic heterocycles. The number of aromatic nitrogens is 5. The fourth-order valence-electron chi connectivity index (χ4n) is 10.1. The van der Waals surface area contributed by atoms with Crippen LogP contribution in [0.2, 0.25) is 0 Å². The van der Waals surface area contributed by atoms with Crippen LogP contribution in [0.4, 0.5) is 0 Å². The molecule has 7 rings (SSSR count). The molecule has 22 heteroatoms. The predicted molar refractivity (Wildman–Crippen MR) is 304 cm³/mol. The van der Waals surface area contributed by atoms with E-state index in [0.717, 1.165) is 22.0 Å². The number of H-pyrrole nitrogens is 3. The van der Waals surface area contributed by atoms with Crippen LogP contribution in [0.25, 0.3) is 10.9 Å². The van der Waals surface area contributed by atoms with Crippen LogP contribution in [0.3, 0.4) is 0 Å². The third kappa shape index (κ3) is 16.7. The van der Waals surface area contributed by atoms with Crippen LogP contribution in [0, 0.1) is 5.92 Å². The lowest BCUT2D eigenvalue weighted by atomic mass is 9.81. The highest BCUT2D eigenvalue weighted by molar-refractivity contribution is 5.97. The van der Waals surface area contributed by atoms with Crippen LogP contribution in [-0.4, -0.2) is 139 Å². The first kappa shape index (κ1) is 60.0. The van der Waals surface area contributed by atoms with E-state index in [1.165, 1.54) is 26.5 Å². The van der Waals surface area contributed by atoms with Gasteiger partial charge in [-0.05, 0) is 67.2 Å². The van der Waals surface area contributed by atoms with Gasteiger partial charge in [0.2, 0.25) is 47.3 Å². The molecule has 1 fully saturated rings. The van der Waals surface area contributed by atoms with E-state index >= 15 is 0 Å². The number of rotatable bonds is 28. The summed E-state index contributed by atoms with van der Waals surface area (Å²) in [6.45, 7) is 10.9. The summed E-state index contributed by atoms with van der Waals surface area (Å²) in [5.74, 6) is -5.20. The zero-order valence-electron chi connectivity index (χ0n) is 46.7. The molecule has 0 radical (unpaired) electrons. The van der Waals surface area contributed by atoms with Gasteiger partial charge in [-0.15, -0.1) is 0 Å². The van der Waals surface area contributed by atoms with Crippen molar-refractivity contribution in [1.82, 2.24) is 67.0 Å². The number of benzene rings is 3. The smallest absolute Gasteiger partial charge is 0.245 e. The minimum atomic E-state index is -1.26. The van der Waals surface area contributed by atoms with Gasteiger partial charge in [-0.2, -0.15) is 0 Å². The van der Waals surface area contributed by atoms with Gasteiger partial charge in [0.25, 0.3) is 0 Å². The van der Waals surface area contributed by atoms with Crippen molar-refractivity contribution < 1.29 is 38.4 Å². The molecule has 0 saturated carbocycles. The molecule has 1 aliphatic rings. The Morgan fingerprint density at radius 2 is 1.20 bits per heavy atom. The van der Waals surface area contributed by atoms with Gasteiger partial charge in [0.1, 0.15) is 36.3 Å². The molecule has 0 spiro atoms. The molecule has 8 atom stereocenters. The molecule has 1 saturated heterocycles. The first-order chi connectivity index (χ1) is 38.8. The van der Waals surface area contributed by atoms with Crippen molar-refractivity contribution >= 4 is 58.2 Å². The second-order valence-electron chi connectivity index (χ2n) is 21.9. The average molecular weight is 1110 g/mol. The van der Waals surface area contributed by atoms with Gasteiger partial charge >= 0.3 is 0 Å². The molecule has 4 heterocycles. The van der Waals surface area contributed by atoms with E-state index in [0.29, 0.717) is 49.3 Å². The summed E-state index contributed by atoms with van der Waals surface area (Å²) < 4.78 is 0. The molecule has 12 N–H and O–H groups in total. The first-order valence-electron chi connectivity index (χ1n) is 27.5. The molecule has 430 valence electrons. The van der Waals surface area contributed by atoms with Gasteiger partial charge in [-0.3, -0.25) is 38.4 Å². The number of carbonyl (C=O) groups is 8. The van der Waals surface area contributed by atoms with Gasteiger partial charge < -0.3 is 62.8 Å². The van der Waals surface area contributed by atoms with Crippen molar-refractivity contribution in [3.05, 3.63) is 144 Å². The van der Waals surface area contributed by atoms with Gasteiger partial charge in [0, 0.05) is 85.7 Å². The van der Waals surface area contributed by atoms with Crippen LogP contribution in [0.1, 0.15) is 88.9 Å². The molecule has 1 aliphatic heterocycles. The van der Waals surface area contributed by atoms with Crippen molar-refractivity contribution in [3.63, 3.8) is 0 Å². The molecule has 8 amide bonds. The summed E-state index contributed by atoms with van der Waals surface area (Å²) >= 11 is 0. The normalized spacial score (nSPS) is 16.0. The Morgan fingerprint density at radius 1 is 0.630 bits per heavy atom. The lowest BCUT2D eigenvalue weighted by molar-refractivity contribution is -0.138. The maximum atomic E-state index is 14.4. The van der Waals surface area contributed by atoms with Crippen LogP contribution >= 0.6 is 0 Å². The van der Waals surface area contributed by atoms with Crippen molar-refractivity contribution in [2.24, 2.45) is 11.7 Å². The number of nitrogens with two attached hydrogens (primary N) is 1. The van der Waals surface area contributed by atoms with Gasteiger partial charge in [-0.25, -0.2) is 9.97 Å². The monoisotopic (exact) mass is 1110 g/mol. The predicted octanol–water partition coefficient (Wildman–Crippen LogP) is 2.29. The fourth-order valence-corrected chi connectivity index (χ4v) is 10.1. The van der Waals surface area contributed by atoms with Crippen LogP contribution < -0.4 is 43.0 Å². The van der Waals surface area contributed by atoms with Crippen molar-refractivity contribution in [2.45, 2.75) is 140 Å². The van der Waals surface area contributed by atoms with Gasteiger partial charge in [-0.1, -0.05) is 107 Å². The Bertz CT molecular complexity index is 3070. The number of amides is 8. The number of para-hydroxylation sites is 1. The highest BCUT2D eigenvalue weighted by Gasteiger charge is 2.37. The number of carbonyl (C=O) groups excluding carboxylic acids is 8.